The zero-order valence-electron chi connectivity index (χ0n) is 16.6. The lowest BCUT2D eigenvalue weighted by Gasteiger charge is -2.11. The maximum absolute atomic E-state index is 12.9. The van der Waals surface area contributed by atoms with Gasteiger partial charge in [-0.2, -0.15) is 0 Å². The van der Waals surface area contributed by atoms with Crippen LogP contribution in [0.25, 0.3) is 32.8 Å². The first-order valence-electron chi connectivity index (χ1n) is 9.79. The first-order valence-corrected chi connectivity index (χ1v) is 9.79. The summed E-state index contributed by atoms with van der Waals surface area (Å²) in [5.41, 5.74) is 2.18. The molecular weight excluding hydrogens is 354 g/mol. The zero-order chi connectivity index (χ0) is 19.7. The molecule has 0 fully saturated rings. The molecule has 0 atom stereocenters. The number of unbranched alkanes of at least 4 members (excludes halogenated alkanes) is 3. The van der Waals surface area contributed by atoms with Crippen LogP contribution in [0.1, 0.15) is 32.6 Å². The molecule has 0 N–H and O–H groups in total. The number of rotatable bonds is 7. The molecule has 0 amide bonds. The Bertz CT molecular complexity index is 1200. The molecule has 146 valence electrons. The third-order valence-electron chi connectivity index (χ3n) is 5.35. The van der Waals surface area contributed by atoms with E-state index in [4.69, 9.17) is 13.9 Å². The van der Waals surface area contributed by atoms with Crippen molar-refractivity contribution < 1.29 is 13.9 Å². The van der Waals surface area contributed by atoms with Crippen LogP contribution in [0, 0.1) is 0 Å². The quantitative estimate of drug-likeness (QED) is 0.314. The molecule has 0 aliphatic heterocycles. The molecule has 0 unspecified atom stereocenters. The molecule has 5 nitrogen and oxygen atoms in total. The number of hydrogen-bond donors (Lipinski definition) is 0. The van der Waals surface area contributed by atoms with Gasteiger partial charge < -0.3 is 18.5 Å². The van der Waals surface area contributed by atoms with E-state index in [1.165, 1.54) is 12.8 Å². The highest BCUT2D eigenvalue weighted by Gasteiger charge is 2.20. The van der Waals surface area contributed by atoms with Crippen LogP contribution < -0.4 is 15.1 Å². The molecule has 0 bridgehead atoms. The van der Waals surface area contributed by atoms with Crippen molar-refractivity contribution in [1.29, 1.82) is 0 Å². The van der Waals surface area contributed by atoms with Gasteiger partial charge >= 0.3 is 5.63 Å². The molecule has 0 aliphatic carbocycles. The van der Waals surface area contributed by atoms with Crippen molar-refractivity contribution in [1.82, 2.24) is 4.57 Å². The van der Waals surface area contributed by atoms with Crippen LogP contribution in [-0.2, 0) is 6.54 Å². The molecule has 0 saturated carbocycles. The van der Waals surface area contributed by atoms with Gasteiger partial charge in [-0.25, -0.2) is 4.79 Å². The van der Waals surface area contributed by atoms with Crippen LogP contribution in [0.15, 0.2) is 45.6 Å². The molecule has 0 radical (unpaired) electrons. The summed E-state index contributed by atoms with van der Waals surface area (Å²) in [7, 11) is 3.23. The Morgan fingerprint density at radius 1 is 0.964 bits per heavy atom. The van der Waals surface area contributed by atoms with Crippen molar-refractivity contribution in [2.75, 3.05) is 14.2 Å². The van der Waals surface area contributed by atoms with Gasteiger partial charge in [0.2, 0.25) is 0 Å². The van der Waals surface area contributed by atoms with Crippen molar-refractivity contribution in [3.05, 3.63) is 46.8 Å². The summed E-state index contributed by atoms with van der Waals surface area (Å²) < 4.78 is 18.9. The van der Waals surface area contributed by atoms with Crippen molar-refractivity contribution in [2.45, 2.75) is 39.2 Å². The summed E-state index contributed by atoms with van der Waals surface area (Å²) in [4.78, 5) is 12.9. The smallest absolute Gasteiger partial charge is 0.346 e. The number of nitrogens with zero attached hydrogens (tertiary/aromatic N) is 1. The zero-order valence-corrected chi connectivity index (χ0v) is 16.6. The minimum absolute atomic E-state index is 0.321. The van der Waals surface area contributed by atoms with Gasteiger partial charge in [0, 0.05) is 23.4 Å². The topological polar surface area (TPSA) is 53.6 Å². The molecular formula is C23H25NO4. The lowest BCUT2D eigenvalue weighted by Crippen LogP contribution is -2.02. The summed E-state index contributed by atoms with van der Waals surface area (Å²) in [6, 6.07) is 11.6. The standard InChI is InChI=1S/C23H25NO4/c1-4-5-6-9-12-24-17-14-20(27-3)19(26-2)13-16(17)21-22(24)15-10-7-8-11-18(15)28-23(21)25/h7-8,10-11,13-14H,4-6,9,12H2,1-3H3. The Morgan fingerprint density at radius 3 is 2.46 bits per heavy atom. The predicted octanol–water partition coefficient (Wildman–Crippen LogP) is 5.50. The third kappa shape index (κ3) is 2.91. The summed E-state index contributed by atoms with van der Waals surface area (Å²) in [6.07, 6.45) is 4.60. The van der Waals surface area contributed by atoms with Gasteiger partial charge in [0.1, 0.15) is 5.58 Å². The Hall–Kier alpha value is -2.95. The number of aryl methyl sites for hydroxylation is 1. The van der Waals surface area contributed by atoms with E-state index in [0.29, 0.717) is 22.5 Å². The number of para-hydroxylation sites is 1. The highest BCUT2D eigenvalue weighted by Crippen LogP contribution is 2.38. The van der Waals surface area contributed by atoms with Crippen molar-refractivity contribution in [3.8, 4) is 11.5 Å². The van der Waals surface area contributed by atoms with Crippen molar-refractivity contribution >= 4 is 32.8 Å². The SMILES string of the molecule is CCCCCCn1c2cc(OC)c(OC)cc2c2c(=O)oc3ccccc3c21. The second-order valence-corrected chi connectivity index (χ2v) is 7.05. The molecule has 4 rings (SSSR count). The van der Waals surface area contributed by atoms with E-state index in [9.17, 15) is 4.79 Å². The largest absolute Gasteiger partial charge is 0.493 e. The first-order chi connectivity index (χ1) is 13.7. The van der Waals surface area contributed by atoms with E-state index in [0.717, 1.165) is 41.2 Å². The molecule has 2 aromatic carbocycles. The van der Waals surface area contributed by atoms with E-state index in [1.807, 2.05) is 36.4 Å². The van der Waals surface area contributed by atoms with Gasteiger partial charge in [-0.15, -0.1) is 0 Å². The van der Waals surface area contributed by atoms with Crippen molar-refractivity contribution in [3.63, 3.8) is 0 Å². The van der Waals surface area contributed by atoms with Gasteiger partial charge in [-0.1, -0.05) is 38.3 Å². The lowest BCUT2D eigenvalue weighted by atomic mass is 10.1. The highest BCUT2D eigenvalue weighted by molar-refractivity contribution is 6.16. The van der Waals surface area contributed by atoms with Gasteiger partial charge in [0.15, 0.2) is 11.5 Å². The fourth-order valence-electron chi connectivity index (χ4n) is 3.99. The van der Waals surface area contributed by atoms with Crippen LogP contribution in [0.5, 0.6) is 11.5 Å². The fourth-order valence-corrected chi connectivity index (χ4v) is 3.99. The minimum Gasteiger partial charge on any atom is -0.493 e. The van der Waals surface area contributed by atoms with Gasteiger partial charge in [0.25, 0.3) is 0 Å². The molecule has 5 heteroatoms. The Balaban J connectivity index is 2.09. The van der Waals surface area contributed by atoms with E-state index in [2.05, 4.69) is 11.5 Å². The van der Waals surface area contributed by atoms with Gasteiger partial charge in [-0.05, 0) is 24.6 Å². The van der Waals surface area contributed by atoms with E-state index in [1.54, 1.807) is 14.2 Å². The monoisotopic (exact) mass is 379 g/mol. The minimum atomic E-state index is -0.321. The van der Waals surface area contributed by atoms with Crippen LogP contribution in [0.3, 0.4) is 0 Å². The van der Waals surface area contributed by atoms with Crippen LogP contribution in [0.4, 0.5) is 0 Å². The Labute approximate surface area is 163 Å². The van der Waals surface area contributed by atoms with Gasteiger partial charge in [-0.3, -0.25) is 0 Å². The molecule has 0 aliphatic rings. The lowest BCUT2D eigenvalue weighted by molar-refractivity contribution is 0.355. The maximum Gasteiger partial charge on any atom is 0.346 e. The van der Waals surface area contributed by atoms with E-state index >= 15 is 0 Å². The number of hydrogen-bond acceptors (Lipinski definition) is 4. The summed E-state index contributed by atoms with van der Waals surface area (Å²) in [5, 5.41) is 2.38. The molecule has 28 heavy (non-hydrogen) atoms. The second-order valence-electron chi connectivity index (χ2n) is 7.05. The highest BCUT2D eigenvalue weighted by atomic mass is 16.5. The average Bonchev–Trinajstić information content (AvgIpc) is 3.04. The molecule has 4 aromatic rings. The van der Waals surface area contributed by atoms with Crippen molar-refractivity contribution in [2.24, 2.45) is 0 Å². The predicted molar refractivity (Wildman–Crippen MR) is 113 cm³/mol. The summed E-state index contributed by atoms with van der Waals surface area (Å²) in [6.45, 7) is 3.04. The average molecular weight is 379 g/mol. The summed E-state index contributed by atoms with van der Waals surface area (Å²) in [5.74, 6) is 1.26. The van der Waals surface area contributed by atoms with E-state index < -0.39 is 0 Å². The molecule has 2 aromatic heterocycles. The number of benzene rings is 2. The molecule has 0 saturated heterocycles. The second kappa shape index (κ2) is 7.58. The first kappa shape index (κ1) is 18.4. The molecule has 2 heterocycles. The Kier molecular flexibility index (Phi) is 4.99. The van der Waals surface area contributed by atoms with Crippen LogP contribution in [-0.4, -0.2) is 18.8 Å². The van der Waals surface area contributed by atoms with E-state index in [-0.39, 0.29) is 5.63 Å². The molecule has 0 spiro atoms. The van der Waals surface area contributed by atoms with Crippen LogP contribution in [0.2, 0.25) is 0 Å². The number of ether oxygens (including phenoxy) is 2. The number of fused-ring (bicyclic) bond motifs is 5. The maximum atomic E-state index is 12.9. The Morgan fingerprint density at radius 2 is 1.71 bits per heavy atom. The normalized spacial score (nSPS) is 11.5. The summed E-state index contributed by atoms with van der Waals surface area (Å²) >= 11 is 0. The number of aromatic nitrogens is 1. The third-order valence-corrected chi connectivity index (χ3v) is 5.35. The van der Waals surface area contributed by atoms with Crippen LogP contribution >= 0.6 is 0 Å². The van der Waals surface area contributed by atoms with Gasteiger partial charge in [0.05, 0.1) is 30.6 Å². The fraction of sp³-hybridized carbons (Fsp3) is 0.348. The number of methoxy groups -OCH3 is 2.